The van der Waals surface area contributed by atoms with E-state index in [1.54, 1.807) is 36.4 Å². The Morgan fingerprint density at radius 2 is 1.56 bits per heavy atom. The summed E-state index contributed by atoms with van der Waals surface area (Å²) in [5.74, 6) is -0.502. The molecule has 1 aliphatic heterocycles. The molecule has 7 heteroatoms. The van der Waals surface area contributed by atoms with Gasteiger partial charge in [0.15, 0.2) is 0 Å². The van der Waals surface area contributed by atoms with Crippen LogP contribution in [-0.2, 0) is 29.1 Å². The van der Waals surface area contributed by atoms with Crippen molar-refractivity contribution >= 4 is 11.6 Å². The smallest absolute Gasteiger partial charge is 0.233 e. The van der Waals surface area contributed by atoms with Crippen LogP contribution in [0.4, 0.5) is 10.1 Å². The van der Waals surface area contributed by atoms with E-state index in [-0.39, 0.29) is 30.6 Å². The second-order valence-corrected chi connectivity index (χ2v) is 10.0. The van der Waals surface area contributed by atoms with E-state index in [1.165, 1.54) is 29.3 Å². The van der Waals surface area contributed by atoms with Gasteiger partial charge in [0.25, 0.3) is 0 Å². The van der Waals surface area contributed by atoms with E-state index >= 15 is 0 Å². The Kier molecular flexibility index (Phi) is 9.41. The van der Waals surface area contributed by atoms with Crippen LogP contribution in [0.5, 0.6) is 11.5 Å². The Bertz CT molecular complexity index is 1460. The first-order chi connectivity index (χ1) is 20.0. The number of ether oxygens (including phenoxy) is 2. The summed E-state index contributed by atoms with van der Waals surface area (Å²) in [4.78, 5) is 15.4. The second kappa shape index (κ2) is 13.7. The molecule has 0 radical (unpaired) electrons. The van der Waals surface area contributed by atoms with E-state index in [4.69, 9.17) is 9.47 Å². The molecular weight excluding hydrogens is 519 g/mol. The maximum absolute atomic E-state index is 13.3. The lowest BCUT2D eigenvalue weighted by atomic mass is 10.00. The second-order valence-electron chi connectivity index (χ2n) is 10.0. The highest BCUT2D eigenvalue weighted by atomic mass is 19.1. The van der Waals surface area contributed by atoms with Gasteiger partial charge in [0.05, 0.1) is 19.1 Å². The number of carbonyl (C=O) groups excluding carboxylic acids is 1. The third-order valence-corrected chi connectivity index (χ3v) is 6.89. The summed E-state index contributed by atoms with van der Waals surface area (Å²) in [5, 5.41) is 16.0. The van der Waals surface area contributed by atoms with Crippen LogP contribution in [-0.4, -0.2) is 30.5 Å². The minimum Gasteiger partial charge on any atom is -0.875 e. The average Bonchev–Trinajstić information content (AvgIpc) is 2.99. The van der Waals surface area contributed by atoms with Crippen molar-refractivity contribution in [2.24, 2.45) is 5.92 Å². The van der Waals surface area contributed by atoms with Gasteiger partial charge in [-0.15, -0.1) is 5.76 Å². The van der Waals surface area contributed by atoms with Crippen molar-refractivity contribution in [3.05, 3.63) is 137 Å². The first-order valence-electron chi connectivity index (χ1n) is 13.6. The van der Waals surface area contributed by atoms with Crippen LogP contribution in [0.1, 0.15) is 16.7 Å². The Balaban J connectivity index is 1.23. The van der Waals surface area contributed by atoms with Crippen molar-refractivity contribution in [2.45, 2.75) is 19.6 Å². The topological polar surface area (TPSA) is 73.9 Å². The molecule has 1 atom stereocenters. The van der Waals surface area contributed by atoms with Gasteiger partial charge in [0.1, 0.15) is 17.3 Å². The molecule has 0 fully saturated rings. The van der Waals surface area contributed by atoms with Crippen molar-refractivity contribution in [3.8, 4) is 11.5 Å². The lowest BCUT2D eigenvalue weighted by Gasteiger charge is -2.31. The molecule has 1 aliphatic rings. The number of amides is 1. The van der Waals surface area contributed by atoms with Crippen molar-refractivity contribution in [3.63, 3.8) is 0 Å². The van der Waals surface area contributed by atoms with E-state index in [2.05, 4.69) is 22.3 Å². The molecule has 0 saturated carbocycles. The molecular formula is C34H32FN2O4-. The number of rotatable bonds is 11. The predicted molar refractivity (Wildman–Crippen MR) is 155 cm³/mol. The van der Waals surface area contributed by atoms with Gasteiger partial charge in [-0.05, 0) is 71.6 Å². The van der Waals surface area contributed by atoms with Crippen LogP contribution in [0.25, 0.3) is 0 Å². The highest BCUT2D eigenvalue weighted by Gasteiger charge is 2.19. The van der Waals surface area contributed by atoms with Gasteiger partial charge in [0, 0.05) is 25.3 Å². The van der Waals surface area contributed by atoms with Crippen LogP contribution in [0.15, 0.2) is 115 Å². The van der Waals surface area contributed by atoms with Crippen molar-refractivity contribution in [1.82, 2.24) is 4.90 Å². The fourth-order valence-electron chi connectivity index (χ4n) is 4.74. The molecule has 0 aliphatic carbocycles. The molecule has 1 unspecified atom stereocenters. The molecule has 1 heterocycles. The van der Waals surface area contributed by atoms with Crippen LogP contribution >= 0.6 is 0 Å². The zero-order valence-corrected chi connectivity index (χ0v) is 22.7. The fourth-order valence-corrected chi connectivity index (χ4v) is 4.74. The summed E-state index contributed by atoms with van der Waals surface area (Å²) >= 11 is 0. The number of benzene rings is 4. The monoisotopic (exact) mass is 551 g/mol. The van der Waals surface area contributed by atoms with Crippen molar-refractivity contribution in [1.29, 1.82) is 0 Å². The Hall–Kier alpha value is -4.46. The zero-order valence-electron chi connectivity index (χ0n) is 22.7. The van der Waals surface area contributed by atoms with Crippen molar-refractivity contribution < 1.29 is 23.8 Å². The average molecular weight is 552 g/mol. The fraction of sp³-hybridized carbons (Fsp3) is 0.206. The minimum absolute atomic E-state index is 0.0705. The SMILES string of the molecule is O=C(Nc1ccc(Oc2ccc(F)cc2)cc1)C(C=C([O-])CN1CCc2ccccc2C1)COCc1ccccc1. The standard InChI is InChI=1S/C34H33FN2O4/c35-29-10-14-32(15-11-29)41-33-16-12-30(13-17-33)36-34(39)28(24-40-23-25-6-2-1-3-7-25)20-31(38)22-37-19-18-26-8-4-5-9-27(26)21-37/h1-17,20,28,38H,18-19,21-24H2,(H,36,39)/p-1. The summed E-state index contributed by atoms with van der Waals surface area (Å²) in [6.07, 6.45) is 2.38. The van der Waals surface area contributed by atoms with E-state index in [0.29, 0.717) is 30.3 Å². The molecule has 5 rings (SSSR count). The van der Waals surface area contributed by atoms with Crippen LogP contribution in [0.3, 0.4) is 0 Å². The maximum atomic E-state index is 13.3. The summed E-state index contributed by atoms with van der Waals surface area (Å²) in [7, 11) is 0. The van der Waals surface area contributed by atoms with Gasteiger partial charge in [-0.25, -0.2) is 4.39 Å². The summed E-state index contributed by atoms with van der Waals surface area (Å²) in [5.41, 5.74) is 4.10. The van der Waals surface area contributed by atoms with Crippen LogP contribution in [0, 0.1) is 11.7 Å². The van der Waals surface area contributed by atoms with E-state index < -0.39 is 5.92 Å². The molecule has 0 spiro atoms. The number of anilines is 1. The quantitative estimate of drug-likeness (QED) is 0.243. The number of halogens is 1. The molecule has 1 N–H and O–H groups in total. The summed E-state index contributed by atoms with van der Waals surface area (Å²) in [6, 6.07) is 30.6. The van der Waals surface area contributed by atoms with Crippen LogP contribution in [0.2, 0.25) is 0 Å². The molecule has 41 heavy (non-hydrogen) atoms. The van der Waals surface area contributed by atoms with E-state index in [1.807, 2.05) is 42.5 Å². The number of carbonyl (C=O) groups is 1. The minimum atomic E-state index is -0.765. The third-order valence-electron chi connectivity index (χ3n) is 6.89. The Morgan fingerprint density at radius 3 is 2.29 bits per heavy atom. The number of nitrogens with one attached hydrogen (secondary N) is 1. The molecule has 4 aromatic carbocycles. The zero-order chi connectivity index (χ0) is 28.4. The summed E-state index contributed by atoms with van der Waals surface area (Å²) < 4.78 is 24.7. The first-order valence-corrected chi connectivity index (χ1v) is 13.6. The highest BCUT2D eigenvalue weighted by Crippen LogP contribution is 2.24. The number of hydrogen-bond acceptors (Lipinski definition) is 5. The first kappa shape index (κ1) is 28.1. The molecule has 4 aromatic rings. The Labute approximate surface area is 239 Å². The van der Waals surface area contributed by atoms with Gasteiger partial charge < -0.3 is 19.9 Å². The lowest BCUT2D eigenvalue weighted by Crippen LogP contribution is -2.35. The highest BCUT2D eigenvalue weighted by molar-refractivity contribution is 5.93. The number of nitrogens with zero attached hydrogens (tertiary/aromatic N) is 1. The number of fused-ring (bicyclic) bond motifs is 1. The van der Waals surface area contributed by atoms with Gasteiger partial charge >= 0.3 is 0 Å². The molecule has 210 valence electrons. The van der Waals surface area contributed by atoms with Gasteiger partial charge in [-0.2, -0.15) is 0 Å². The Morgan fingerprint density at radius 1 is 0.902 bits per heavy atom. The lowest BCUT2D eigenvalue weighted by molar-refractivity contribution is -0.308. The van der Waals surface area contributed by atoms with Gasteiger partial charge in [-0.3, -0.25) is 9.69 Å². The van der Waals surface area contributed by atoms with Crippen LogP contribution < -0.4 is 15.2 Å². The molecule has 0 saturated heterocycles. The van der Waals surface area contributed by atoms with E-state index in [0.717, 1.165) is 18.5 Å². The predicted octanol–water partition coefficient (Wildman–Crippen LogP) is 5.69. The number of hydrogen-bond donors (Lipinski definition) is 1. The van der Waals surface area contributed by atoms with E-state index in [9.17, 15) is 14.3 Å². The largest absolute Gasteiger partial charge is 0.875 e. The van der Waals surface area contributed by atoms with Crippen molar-refractivity contribution in [2.75, 3.05) is 25.0 Å². The normalized spacial score (nSPS) is 14.2. The maximum Gasteiger partial charge on any atom is 0.233 e. The summed E-state index contributed by atoms with van der Waals surface area (Å²) in [6.45, 7) is 2.16. The molecule has 0 bridgehead atoms. The molecule has 1 amide bonds. The van der Waals surface area contributed by atoms with Gasteiger partial charge in [0.2, 0.25) is 5.91 Å². The molecule has 0 aromatic heterocycles. The third kappa shape index (κ3) is 8.27. The van der Waals surface area contributed by atoms with Gasteiger partial charge in [-0.1, -0.05) is 60.7 Å². The molecule has 6 nitrogen and oxygen atoms in total.